The van der Waals surface area contributed by atoms with E-state index in [1.54, 1.807) is 0 Å². The van der Waals surface area contributed by atoms with Crippen LogP contribution in [0.1, 0.15) is 40.0 Å². The number of carbonyl (C=O) groups excluding carboxylic acids is 2. The number of nitrogens with two attached hydrogens (primary N) is 1. The zero-order valence-electron chi connectivity index (χ0n) is 9.82. The summed E-state index contributed by atoms with van der Waals surface area (Å²) in [6, 6.07) is -0.920. The van der Waals surface area contributed by atoms with E-state index in [1.807, 2.05) is 20.8 Å². The fourth-order valence-corrected chi connectivity index (χ4v) is 1.18. The standard InChI is InChI=1S/C11H22N2O2/c1-4-5-6-9(12)11(15)13-10(7-14)8(2)3/h7-10H,4-6,12H2,1-3H3,(H,13,15)/t9-,10+/m0/s1. The highest BCUT2D eigenvalue weighted by molar-refractivity contribution is 5.84. The molecule has 0 saturated heterocycles. The summed E-state index contributed by atoms with van der Waals surface area (Å²) >= 11 is 0. The molecule has 4 nitrogen and oxygen atoms in total. The van der Waals surface area contributed by atoms with E-state index >= 15 is 0 Å². The molecule has 3 N–H and O–H groups in total. The van der Waals surface area contributed by atoms with E-state index < -0.39 is 12.1 Å². The van der Waals surface area contributed by atoms with Crippen molar-refractivity contribution in [1.82, 2.24) is 5.32 Å². The van der Waals surface area contributed by atoms with Crippen molar-refractivity contribution in [3.8, 4) is 0 Å². The molecule has 0 heterocycles. The van der Waals surface area contributed by atoms with Crippen molar-refractivity contribution in [3.63, 3.8) is 0 Å². The minimum absolute atomic E-state index is 0.102. The second kappa shape index (κ2) is 7.40. The van der Waals surface area contributed by atoms with Crippen LogP contribution in [0.5, 0.6) is 0 Å². The second-order valence-corrected chi connectivity index (χ2v) is 4.16. The Balaban J connectivity index is 4.04. The van der Waals surface area contributed by atoms with E-state index in [0.29, 0.717) is 6.42 Å². The summed E-state index contributed by atoms with van der Waals surface area (Å²) in [6.07, 6.45) is 3.38. The van der Waals surface area contributed by atoms with Gasteiger partial charge in [-0.1, -0.05) is 33.6 Å². The average Bonchev–Trinajstić information content (AvgIpc) is 2.21. The molecule has 0 unspecified atom stereocenters. The van der Waals surface area contributed by atoms with E-state index in [2.05, 4.69) is 5.32 Å². The molecular formula is C11H22N2O2. The van der Waals surface area contributed by atoms with Crippen molar-refractivity contribution in [2.24, 2.45) is 11.7 Å². The summed E-state index contributed by atoms with van der Waals surface area (Å²) in [5.74, 6) is -0.126. The first-order valence-electron chi connectivity index (χ1n) is 5.54. The van der Waals surface area contributed by atoms with Gasteiger partial charge in [-0.2, -0.15) is 0 Å². The minimum Gasteiger partial charge on any atom is -0.345 e. The molecule has 0 bridgehead atoms. The van der Waals surface area contributed by atoms with Gasteiger partial charge in [-0.3, -0.25) is 4.79 Å². The van der Waals surface area contributed by atoms with Gasteiger partial charge in [-0.05, 0) is 12.3 Å². The van der Waals surface area contributed by atoms with Crippen LogP contribution < -0.4 is 11.1 Å². The van der Waals surface area contributed by atoms with Crippen molar-refractivity contribution < 1.29 is 9.59 Å². The third kappa shape index (κ3) is 5.52. The number of unbranched alkanes of at least 4 members (excludes halogenated alkanes) is 1. The number of aldehydes is 1. The summed E-state index contributed by atoms with van der Waals surface area (Å²) in [6.45, 7) is 5.82. The Hall–Kier alpha value is -0.900. The molecule has 2 atom stereocenters. The predicted octanol–water partition coefficient (Wildman–Crippen LogP) is 0.844. The highest BCUT2D eigenvalue weighted by atomic mass is 16.2. The third-order valence-corrected chi connectivity index (χ3v) is 2.38. The molecule has 1 amide bonds. The lowest BCUT2D eigenvalue weighted by Gasteiger charge is -2.19. The van der Waals surface area contributed by atoms with E-state index in [-0.39, 0.29) is 11.8 Å². The molecule has 0 aromatic carbocycles. The van der Waals surface area contributed by atoms with Crippen molar-refractivity contribution in [1.29, 1.82) is 0 Å². The Bertz CT molecular complexity index is 205. The molecular weight excluding hydrogens is 192 g/mol. The molecule has 0 aliphatic carbocycles. The van der Waals surface area contributed by atoms with Gasteiger partial charge in [0, 0.05) is 0 Å². The van der Waals surface area contributed by atoms with Gasteiger partial charge in [0.15, 0.2) is 0 Å². The second-order valence-electron chi connectivity index (χ2n) is 4.16. The summed E-state index contributed by atoms with van der Waals surface area (Å²) in [4.78, 5) is 22.2. The van der Waals surface area contributed by atoms with Crippen molar-refractivity contribution in [2.75, 3.05) is 0 Å². The number of carbonyl (C=O) groups is 2. The maximum absolute atomic E-state index is 11.5. The van der Waals surface area contributed by atoms with Gasteiger partial charge >= 0.3 is 0 Å². The van der Waals surface area contributed by atoms with E-state index in [1.165, 1.54) is 0 Å². The van der Waals surface area contributed by atoms with Crippen LogP contribution in [0.4, 0.5) is 0 Å². The zero-order valence-corrected chi connectivity index (χ0v) is 9.82. The Morgan fingerprint density at radius 2 is 2.07 bits per heavy atom. The highest BCUT2D eigenvalue weighted by Gasteiger charge is 2.19. The first kappa shape index (κ1) is 14.1. The lowest BCUT2D eigenvalue weighted by Crippen LogP contribution is -2.47. The lowest BCUT2D eigenvalue weighted by molar-refractivity contribution is -0.125. The fourth-order valence-electron chi connectivity index (χ4n) is 1.18. The Labute approximate surface area is 91.6 Å². The largest absolute Gasteiger partial charge is 0.345 e. The molecule has 0 aliphatic heterocycles. The summed E-state index contributed by atoms with van der Waals surface area (Å²) in [7, 11) is 0. The van der Waals surface area contributed by atoms with Crippen LogP contribution in [0.2, 0.25) is 0 Å². The SMILES string of the molecule is CCCC[C@H](N)C(=O)N[C@H](C=O)C(C)C. The number of hydrogen-bond acceptors (Lipinski definition) is 3. The number of hydrogen-bond donors (Lipinski definition) is 2. The third-order valence-electron chi connectivity index (χ3n) is 2.38. The number of rotatable bonds is 7. The lowest BCUT2D eigenvalue weighted by atomic mass is 10.0. The van der Waals surface area contributed by atoms with Gasteiger partial charge in [-0.25, -0.2) is 0 Å². The van der Waals surface area contributed by atoms with Crippen molar-refractivity contribution in [3.05, 3.63) is 0 Å². The smallest absolute Gasteiger partial charge is 0.237 e. The van der Waals surface area contributed by atoms with Crippen LogP contribution >= 0.6 is 0 Å². The maximum Gasteiger partial charge on any atom is 0.237 e. The highest BCUT2D eigenvalue weighted by Crippen LogP contribution is 2.01. The molecule has 4 heteroatoms. The molecule has 88 valence electrons. The van der Waals surface area contributed by atoms with Crippen LogP contribution in [0.15, 0.2) is 0 Å². The Morgan fingerprint density at radius 1 is 1.47 bits per heavy atom. The number of nitrogens with one attached hydrogen (secondary N) is 1. The van der Waals surface area contributed by atoms with Crippen LogP contribution in [-0.2, 0) is 9.59 Å². The van der Waals surface area contributed by atoms with Gasteiger partial charge in [0.2, 0.25) is 5.91 Å². The quantitative estimate of drug-likeness (QED) is 0.617. The van der Waals surface area contributed by atoms with Crippen LogP contribution in [0.25, 0.3) is 0 Å². The molecule has 0 spiro atoms. The van der Waals surface area contributed by atoms with E-state index in [9.17, 15) is 9.59 Å². The molecule has 0 rings (SSSR count). The van der Waals surface area contributed by atoms with Gasteiger partial charge in [0.05, 0.1) is 12.1 Å². The Morgan fingerprint density at radius 3 is 2.47 bits per heavy atom. The number of amides is 1. The molecule has 0 radical (unpaired) electrons. The molecule has 0 saturated carbocycles. The van der Waals surface area contributed by atoms with Crippen LogP contribution in [0.3, 0.4) is 0 Å². The zero-order chi connectivity index (χ0) is 11.8. The van der Waals surface area contributed by atoms with Gasteiger partial charge in [0.1, 0.15) is 6.29 Å². The molecule has 0 aromatic rings. The van der Waals surface area contributed by atoms with E-state index in [0.717, 1.165) is 19.1 Å². The van der Waals surface area contributed by atoms with Crippen LogP contribution in [0, 0.1) is 5.92 Å². The summed E-state index contributed by atoms with van der Waals surface area (Å²) < 4.78 is 0. The van der Waals surface area contributed by atoms with E-state index in [4.69, 9.17) is 5.73 Å². The summed E-state index contributed by atoms with van der Waals surface area (Å²) in [5, 5.41) is 2.64. The van der Waals surface area contributed by atoms with Crippen molar-refractivity contribution >= 4 is 12.2 Å². The maximum atomic E-state index is 11.5. The van der Waals surface area contributed by atoms with Crippen LogP contribution in [-0.4, -0.2) is 24.3 Å². The molecule has 15 heavy (non-hydrogen) atoms. The Kier molecular flexibility index (Phi) is 6.96. The fraction of sp³-hybridized carbons (Fsp3) is 0.818. The molecule has 0 fully saturated rings. The average molecular weight is 214 g/mol. The monoisotopic (exact) mass is 214 g/mol. The topological polar surface area (TPSA) is 72.2 Å². The van der Waals surface area contributed by atoms with Gasteiger partial charge in [-0.15, -0.1) is 0 Å². The summed E-state index contributed by atoms with van der Waals surface area (Å²) in [5.41, 5.74) is 5.68. The van der Waals surface area contributed by atoms with Crippen molar-refractivity contribution in [2.45, 2.75) is 52.1 Å². The molecule has 0 aromatic heterocycles. The normalized spacial score (nSPS) is 14.7. The predicted molar refractivity (Wildman–Crippen MR) is 60.3 cm³/mol. The first-order chi connectivity index (χ1) is 7.02. The van der Waals surface area contributed by atoms with Gasteiger partial charge < -0.3 is 15.8 Å². The first-order valence-corrected chi connectivity index (χ1v) is 5.54. The minimum atomic E-state index is -0.494. The molecule has 0 aliphatic rings. The van der Waals surface area contributed by atoms with Gasteiger partial charge in [0.25, 0.3) is 0 Å².